The summed E-state index contributed by atoms with van der Waals surface area (Å²) in [5, 5.41) is 24.6. The predicted molar refractivity (Wildman–Crippen MR) is 79.0 cm³/mol. The Morgan fingerprint density at radius 2 is 1.95 bits per heavy atom. The first-order chi connectivity index (χ1) is 9.50. The molecule has 0 aliphatic heterocycles. The quantitative estimate of drug-likeness (QED) is 0.885. The van der Waals surface area contributed by atoms with Crippen LogP contribution in [0.3, 0.4) is 0 Å². The summed E-state index contributed by atoms with van der Waals surface area (Å²) in [5.74, 6) is 0. The Hall–Kier alpha value is -1.36. The zero-order valence-electron chi connectivity index (χ0n) is 11.7. The summed E-state index contributed by atoms with van der Waals surface area (Å²) in [5.41, 5.74) is 1.95. The van der Waals surface area contributed by atoms with E-state index in [-0.39, 0.29) is 13.2 Å². The average molecular weight is 295 g/mol. The number of aryl methyl sites for hydroxylation is 2. The maximum atomic E-state index is 9.85. The lowest BCUT2D eigenvalue weighted by atomic mass is 9.78. The van der Waals surface area contributed by atoms with Crippen LogP contribution in [0.2, 0.25) is 5.02 Å². The van der Waals surface area contributed by atoms with Crippen molar-refractivity contribution < 1.29 is 10.2 Å². The number of aliphatic hydroxyl groups is 2. The highest BCUT2D eigenvalue weighted by molar-refractivity contribution is 6.30. The maximum Gasteiger partial charge on any atom is 0.0596 e. The average Bonchev–Trinajstić information content (AvgIpc) is 2.74. The van der Waals surface area contributed by atoms with Crippen LogP contribution in [0.15, 0.2) is 30.3 Å². The highest BCUT2D eigenvalue weighted by Gasteiger charge is 2.32. The Morgan fingerprint density at radius 1 is 1.25 bits per heavy atom. The van der Waals surface area contributed by atoms with Gasteiger partial charge in [0.1, 0.15) is 0 Å². The molecule has 0 spiro atoms. The molecule has 1 aromatic carbocycles. The van der Waals surface area contributed by atoms with E-state index < -0.39 is 5.41 Å². The molecule has 0 unspecified atom stereocenters. The Morgan fingerprint density at radius 3 is 2.45 bits per heavy atom. The third-order valence-corrected chi connectivity index (χ3v) is 3.90. The van der Waals surface area contributed by atoms with Gasteiger partial charge >= 0.3 is 0 Å². The molecule has 0 radical (unpaired) electrons. The van der Waals surface area contributed by atoms with Gasteiger partial charge in [0.15, 0.2) is 0 Å². The Kier molecular flexibility index (Phi) is 4.48. The standard InChI is InChI=1S/C15H19ClN2O2/c1-11-6-14(18(2)17-11)8-15(9-19,10-20)12-4-3-5-13(16)7-12/h3-7,19-20H,8-10H2,1-2H3. The number of rotatable bonds is 5. The molecule has 2 rings (SSSR count). The molecule has 0 saturated heterocycles. The van der Waals surface area contributed by atoms with E-state index in [1.54, 1.807) is 16.8 Å². The van der Waals surface area contributed by atoms with Crippen LogP contribution in [-0.4, -0.2) is 33.2 Å². The molecule has 2 aromatic rings. The van der Waals surface area contributed by atoms with Crippen LogP contribution in [0.1, 0.15) is 17.0 Å². The fourth-order valence-corrected chi connectivity index (χ4v) is 2.63. The van der Waals surface area contributed by atoms with Crippen molar-refractivity contribution in [3.8, 4) is 0 Å². The molecule has 1 aromatic heterocycles. The van der Waals surface area contributed by atoms with Crippen molar-refractivity contribution in [2.24, 2.45) is 7.05 Å². The molecule has 0 bridgehead atoms. The van der Waals surface area contributed by atoms with E-state index >= 15 is 0 Å². The topological polar surface area (TPSA) is 58.3 Å². The van der Waals surface area contributed by atoms with Crippen molar-refractivity contribution in [2.45, 2.75) is 18.8 Å². The Balaban J connectivity index is 2.42. The zero-order chi connectivity index (χ0) is 14.8. The molecular formula is C15H19ClN2O2. The van der Waals surface area contributed by atoms with Crippen molar-refractivity contribution in [3.63, 3.8) is 0 Å². The van der Waals surface area contributed by atoms with Crippen LogP contribution < -0.4 is 0 Å². The second kappa shape index (κ2) is 5.95. The van der Waals surface area contributed by atoms with Crippen molar-refractivity contribution in [3.05, 3.63) is 52.3 Å². The zero-order valence-corrected chi connectivity index (χ0v) is 12.4. The molecule has 1 heterocycles. The summed E-state index contributed by atoms with van der Waals surface area (Å²) in [4.78, 5) is 0. The van der Waals surface area contributed by atoms with Crippen LogP contribution in [0.5, 0.6) is 0 Å². The highest BCUT2D eigenvalue weighted by atomic mass is 35.5. The van der Waals surface area contributed by atoms with Crippen LogP contribution in [0.4, 0.5) is 0 Å². The van der Waals surface area contributed by atoms with Crippen molar-refractivity contribution in [1.29, 1.82) is 0 Å². The minimum atomic E-state index is -0.759. The number of hydrogen-bond acceptors (Lipinski definition) is 3. The molecule has 0 aliphatic rings. The molecule has 2 N–H and O–H groups in total. The van der Waals surface area contributed by atoms with Crippen LogP contribution >= 0.6 is 11.6 Å². The fraction of sp³-hybridized carbons (Fsp3) is 0.400. The number of nitrogens with zero attached hydrogens (tertiary/aromatic N) is 2. The van der Waals surface area contributed by atoms with E-state index in [4.69, 9.17) is 11.6 Å². The number of hydrogen-bond donors (Lipinski definition) is 2. The Labute approximate surface area is 123 Å². The smallest absolute Gasteiger partial charge is 0.0596 e. The molecule has 20 heavy (non-hydrogen) atoms. The van der Waals surface area contributed by atoms with Gasteiger partial charge in [-0.25, -0.2) is 0 Å². The van der Waals surface area contributed by atoms with Crippen molar-refractivity contribution in [1.82, 2.24) is 9.78 Å². The first-order valence-corrected chi connectivity index (χ1v) is 6.86. The molecule has 5 heteroatoms. The SMILES string of the molecule is Cc1cc(CC(CO)(CO)c2cccc(Cl)c2)n(C)n1. The summed E-state index contributed by atoms with van der Waals surface area (Å²) < 4.78 is 1.78. The number of aliphatic hydroxyl groups excluding tert-OH is 2. The normalized spacial score (nSPS) is 11.8. The van der Waals surface area contributed by atoms with Gasteiger partial charge in [-0.2, -0.15) is 5.10 Å². The first-order valence-electron chi connectivity index (χ1n) is 6.48. The van der Waals surface area contributed by atoms with Gasteiger partial charge < -0.3 is 10.2 Å². The van der Waals surface area contributed by atoms with Gasteiger partial charge in [-0.1, -0.05) is 23.7 Å². The molecule has 108 valence electrons. The van der Waals surface area contributed by atoms with E-state index in [9.17, 15) is 10.2 Å². The summed E-state index contributed by atoms with van der Waals surface area (Å²) in [7, 11) is 1.86. The number of halogens is 1. The largest absolute Gasteiger partial charge is 0.395 e. The predicted octanol–water partition coefficient (Wildman–Crippen LogP) is 1.85. The highest BCUT2D eigenvalue weighted by Crippen LogP contribution is 2.30. The lowest BCUT2D eigenvalue weighted by Crippen LogP contribution is -2.38. The van der Waals surface area contributed by atoms with Gasteiger partial charge in [0.05, 0.1) is 18.9 Å². The summed E-state index contributed by atoms with van der Waals surface area (Å²) in [6.45, 7) is 1.60. The van der Waals surface area contributed by atoms with Gasteiger partial charge in [0.2, 0.25) is 0 Å². The molecule has 0 fully saturated rings. The molecule has 0 aliphatic carbocycles. The minimum Gasteiger partial charge on any atom is -0.395 e. The van der Waals surface area contributed by atoms with Crippen LogP contribution in [-0.2, 0) is 18.9 Å². The molecule has 0 amide bonds. The monoisotopic (exact) mass is 294 g/mol. The third kappa shape index (κ3) is 2.87. The van der Waals surface area contributed by atoms with Crippen LogP contribution in [0.25, 0.3) is 0 Å². The van der Waals surface area contributed by atoms with Gasteiger partial charge in [0.25, 0.3) is 0 Å². The van der Waals surface area contributed by atoms with Gasteiger partial charge in [-0.05, 0) is 30.7 Å². The summed E-state index contributed by atoms with van der Waals surface area (Å²) in [6, 6.07) is 9.23. The summed E-state index contributed by atoms with van der Waals surface area (Å²) in [6.07, 6.45) is 0.498. The number of aromatic nitrogens is 2. The van der Waals surface area contributed by atoms with Crippen molar-refractivity contribution >= 4 is 11.6 Å². The maximum absolute atomic E-state index is 9.85. The third-order valence-electron chi connectivity index (χ3n) is 3.66. The van der Waals surface area contributed by atoms with E-state index in [1.807, 2.05) is 32.2 Å². The lowest BCUT2D eigenvalue weighted by Gasteiger charge is -2.30. The fourth-order valence-electron chi connectivity index (χ4n) is 2.44. The molecule has 4 nitrogen and oxygen atoms in total. The first kappa shape index (κ1) is 15.0. The lowest BCUT2D eigenvalue weighted by molar-refractivity contribution is 0.114. The van der Waals surface area contributed by atoms with E-state index in [0.29, 0.717) is 11.4 Å². The van der Waals surface area contributed by atoms with E-state index in [2.05, 4.69) is 5.10 Å². The molecular weight excluding hydrogens is 276 g/mol. The van der Waals surface area contributed by atoms with Gasteiger partial charge in [-0.15, -0.1) is 0 Å². The van der Waals surface area contributed by atoms with E-state index in [0.717, 1.165) is 17.0 Å². The van der Waals surface area contributed by atoms with Crippen molar-refractivity contribution in [2.75, 3.05) is 13.2 Å². The van der Waals surface area contributed by atoms with Crippen LogP contribution in [0, 0.1) is 6.92 Å². The number of benzene rings is 1. The minimum absolute atomic E-state index is 0.159. The second-order valence-electron chi connectivity index (χ2n) is 5.18. The van der Waals surface area contributed by atoms with Gasteiger partial charge in [-0.3, -0.25) is 4.68 Å². The summed E-state index contributed by atoms with van der Waals surface area (Å²) >= 11 is 6.02. The second-order valence-corrected chi connectivity index (χ2v) is 5.62. The van der Waals surface area contributed by atoms with Gasteiger partial charge in [0, 0.05) is 29.6 Å². The molecule has 0 atom stereocenters. The Bertz CT molecular complexity index is 591. The molecule has 0 saturated carbocycles. The van der Waals surface area contributed by atoms with E-state index in [1.165, 1.54) is 0 Å².